The molecule has 0 aromatic heterocycles. The minimum absolute atomic E-state index is 0.0437. The zero-order chi connectivity index (χ0) is 15.4. The lowest BCUT2D eigenvalue weighted by atomic mass is 10.0. The minimum atomic E-state index is 0.0437. The van der Waals surface area contributed by atoms with Crippen LogP contribution in [0.3, 0.4) is 0 Å². The number of benzene rings is 2. The van der Waals surface area contributed by atoms with Crippen molar-refractivity contribution in [3.05, 3.63) is 70.8 Å². The maximum atomic E-state index is 12.3. The van der Waals surface area contributed by atoms with Crippen LogP contribution in [-0.2, 0) is 19.4 Å². The summed E-state index contributed by atoms with van der Waals surface area (Å²) in [4.78, 5) is 14.2. The van der Waals surface area contributed by atoms with Crippen molar-refractivity contribution in [3.63, 3.8) is 0 Å². The number of nitrogens with one attached hydrogen (secondary N) is 1. The number of hydrogen-bond acceptors (Lipinski definition) is 1. The molecule has 1 heterocycles. The third-order valence-electron chi connectivity index (χ3n) is 4.19. The number of fused-ring (bicyclic) bond motifs is 1. The van der Waals surface area contributed by atoms with Crippen LogP contribution < -0.4 is 5.32 Å². The van der Waals surface area contributed by atoms with Crippen LogP contribution in [0.4, 0.5) is 4.79 Å². The summed E-state index contributed by atoms with van der Waals surface area (Å²) in [5, 5.41) is 3.04. The first-order valence-electron chi connectivity index (χ1n) is 7.87. The largest absolute Gasteiger partial charge is 0.338 e. The molecule has 1 aliphatic heterocycles. The maximum absolute atomic E-state index is 12.3. The number of rotatable bonds is 3. The van der Waals surface area contributed by atoms with Crippen LogP contribution in [-0.4, -0.2) is 24.0 Å². The molecule has 1 aliphatic rings. The van der Waals surface area contributed by atoms with Gasteiger partial charge in [-0.1, -0.05) is 54.1 Å². The molecule has 2 aromatic carbocycles. The standard InChI is InChI=1S/C19H22N2O/c1-15-5-4-6-16(13-15)9-11-20-19(22)21-12-10-17-7-2-3-8-18(17)14-21/h2-8,13H,9-12,14H2,1H3,(H,20,22). The van der Waals surface area contributed by atoms with Gasteiger partial charge in [-0.2, -0.15) is 0 Å². The molecule has 0 aliphatic carbocycles. The van der Waals surface area contributed by atoms with Crippen molar-refractivity contribution in [3.8, 4) is 0 Å². The van der Waals surface area contributed by atoms with Gasteiger partial charge in [0.1, 0.15) is 0 Å². The zero-order valence-electron chi connectivity index (χ0n) is 13.0. The highest BCUT2D eigenvalue weighted by atomic mass is 16.2. The molecule has 3 nitrogen and oxygen atoms in total. The van der Waals surface area contributed by atoms with Gasteiger partial charge in [-0.25, -0.2) is 4.79 Å². The summed E-state index contributed by atoms with van der Waals surface area (Å²) in [6.07, 6.45) is 1.82. The number of carbonyl (C=O) groups excluding carboxylic acids is 1. The van der Waals surface area contributed by atoms with E-state index in [9.17, 15) is 4.79 Å². The lowest BCUT2D eigenvalue weighted by Crippen LogP contribution is -2.43. The van der Waals surface area contributed by atoms with E-state index in [1.165, 1.54) is 22.3 Å². The topological polar surface area (TPSA) is 32.3 Å². The predicted molar refractivity (Wildman–Crippen MR) is 88.8 cm³/mol. The van der Waals surface area contributed by atoms with Gasteiger partial charge in [-0.15, -0.1) is 0 Å². The van der Waals surface area contributed by atoms with Gasteiger partial charge < -0.3 is 10.2 Å². The molecule has 3 heteroatoms. The van der Waals surface area contributed by atoms with Crippen molar-refractivity contribution in [2.24, 2.45) is 0 Å². The quantitative estimate of drug-likeness (QED) is 0.925. The average molecular weight is 294 g/mol. The first-order chi connectivity index (χ1) is 10.7. The number of urea groups is 1. The Morgan fingerprint density at radius 2 is 1.95 bits per heavy atom. The molecule has 2 aromatic rings. The summed E-state index contributed by atoms with van der Waals surface area (Å²) >= 11 is 0. The predicted octanol–water partition coefficient (Wildman–Crippen LogP) is 3.31. The van der Waals surface area contributed by atoms with Crippen LogP contribution in [0, 0.1) is 6.92 Å². The smallest absolute Gasteiger partial charge is 0.317 e. The van der Waals surface area contributed by atoms with Gasteiger partial charge in [-0.05, 0) is 36.5 Å². The fraction of sp³-hybridized carbons (Fsp3) is 0.316. The third-order valence-corrected chi connectivity index (χ3v) is 4.19. The van der Waals surface area contributed by atoms with Gasteiger partial charge in [0.25, 0.3) is 0 Å². The highest BCUT2D eigenvalue weighted by molar-refractivity contribution is 5.74. The van der Waals surface area contributed by atoms with Crippen molar-refractivity contribution >= 4 is 6.03 Å². The van der Waals surface area contributed by atoms with E-state index in [2.05, 4.69) is 54.7 Å². The Balaban J connectivity index is 1.51. The Kier molecular flexibility index (Phi) is 4.42. The number of nitrogens with zero attached hydrogens (tertiary/aromatic N) is 1. The molecule has 0 radical (unpaired) electrons. The van der Waals surface area contributed by atoms with Gasteiger partial charge in [0.05, 0.1) is 0 Å². The average Bonchev–Trinajstić information content (AvgIpc) is 2.54. The second-order valence-electron chi connectivity index (χ2n) is 5.91. The van der Waals surface area contributed by atoms with E-state index in [0.29, 0.717) is 13.1 Å². The van der Waals surface area contributed by atoms with Crippen LogP contribution in [0.25, 0.3) is 0 Å². The number of amides is 2. The SMILES string of the molecule is Cc1cccc(CCNC(=O)N2CCc3ccccc3C2)c1. The summed E-state index contributed by atoms with van der Waals surface area (Å²) in [5.41, 5.74) is 5.16. The van der Waals surface area contributed by atoms with Gasteiger partial charge in [-0.3, -0.25) is 0 Å². The van der Waals surface area contributed by atoms with E-state index in [1.807, 2.05) is 11.0 Å². The molecule has 0 saturated carbocycles. The number of hydrogen-bond donors (Lipinski definition) is 1. The van der Waals surface area contributed by atoms with Crippen molar-refractivity contribution in [1.82, 2.24) is 10.2 Å². The van der Waals surface area contributed by atoms with Crippen LogP contribution >= 0.6 is 0 Å². The normalized spacial score (nSPS) is 13.6. The highest BCUT2D eigenvalue weighted by Crippen LogP contribution is 2.18. The summed E-state index contributed by atoms with van der Waals surface area (Å²) in [5.74, 6) is 0. The summed E-state index contributed by atoms with van der Waals surface area (Å²) in [6.45, 7) is 4.29. The van der Waals surface area contributed by atoms with E-state index in [4.69, 9.17) is 0 Å². The summed E-state index contributed by atoms with van der Waals surface area (Å²) < 4.78 is 0. The van der Waals surface area contributed by atoms with Gasteiger partial charge in [0.2, 0.25) is 0 Å². The Morgan fingerprint density at radius 1 is 1.14 bits per heavy atom. The van der Waals surface area contributed by atoms with E-state index < -0.39 is 0 Å². The highest BCUT2D eigenvalue weighted by Gasteiger charge is 2.19. The van der Waals surface area contributed by atoms with E-state index >= 15 is 0 Å². The fourth-order valence-corrected chi connectivity index (χ4v) is 2.96. The van der Waals surface area contributed by atoms with Crippen molar-refractivity contribution < 1.29 is 4.79 Å². The molecule has 3 rings (SSSR count). The molecule has 0 atom stereocenters. The second-order valence-corrected chi connectivity index (χ2v) is 5.91. The first kappa shape index (κ1) is 14.6. The Labute approximate surface area is 132 Å². The van der Waals surface area contributed by atoms with Crippen LogP contribution in [0.5, 0.6) is 0 Å². The number of aryl methyl sites for hydroxylation is 1. The maximum Gasteiger partial charge on any atom is 0.317 e. The molecule has 0 saturated heterocycles. The molecule has 114 valence electrons. The Bertz CT molecular complexity index is 666. The van der Waals surface area contributed by atoms with Crippen LogP contribution in [0.1, 0.15) is 22.3 Å². The fourth-order valence-electron chi connectivity index (χ4n) is 2.96. The van der Waals surface area contributed by atoms with Crippen molar-refractivity contribution in [1.29, 1.82) is 0 Å². The second kappa shape index (κ2) is 6.65. The lowest BCUT2D eigenvalue weighted by Gasteiger charge is -2.29. The van der Waals surface area contributed by atoms with Crippen molar-refractivity contribution in [2.45, 2.75) is 26.3 Å². The molecule has 2 amide bonds. The molecule has 22 heavy (non-hydrogen) atoms. The third kappa shape index (κ3) is 3.48. The van der Waals surface area contributed by atoms with Crippen molar-refractivity contribution in [2.75, 3.05) is 13.1 Å². The molecule has 0 fully saturated rings. The van der Waals surface area contributed by atoms with Crippen LogP contribution in [0.2, 0.25) is 0 Å². The Hall–Kier alpha value is -2.29. The van der Waals surface area contributed by atoms with E-state index in [-0.39, 0.29) is 6.03 Å². The molecule has 0 unspecified atom stereocenters. The summed E-state index contributed by atoms with van der Waals surface area (Å²) in [6, 6.07) is 16.8. The molecule has 0 spiro atoms. The lowest BCUT2D eigenvalue weighted by molar-refractivity contribution is 0.192. The van der Waals surface area contributed by atoms with Gasteiger partial charge in [0.15, 0.2) is 0 Å². The van der Waals surface area contributed by atoms with E-state index in [1.54, 1.807) is 0 Å². The molecule has 0 bridgehead atoms. The van der Waals surface area contributed by atoms with E-state index in [0.717, 1.165) is 19.4 Å². The molecular weight excluding hydrogens is 272 g/mol. The number of carbonyl (C=O) groups is 1. The minimum Gasteiger partial charge on any atom is -0.338 e. The van der Waals surface area contributed by atoms with Gasteiger partial charge in [0, 0.05) is 19.6 Å². The zero-order valence-corrected chi connectivity index (χ0v) is 13.0. The van der Waals surface area contributed by atoms with Crippen LogP contribution in [0.15, 0.2) is 48.5 Å². The Morgan fingerprint density at radius 3 is 2.77 bits per heavy atom. The van der Waals surface area contributed by atoms with Gasteiger partial charge >= 0.3 is 6.03 Å². The summed E-state index contributed by atoms with van der Waals surface area (Å²) in [7, 11) is 0. The first-order valence-corrected chi connectivity index (χ1v) is 7.87. The molecule has 1 N–H and O–H groups in total. The molecular formula is C19H22N2O. The monoisotopic (exact) mass is 294 g/mol.